The van der Waals surface area contributed by atoms with Gasteiger partial charge in [-0.1, -0.05) is 36.4 Å². The van der Waals surface area contributed by atoms with E-state index in [1.165, 1.54) is 36.1 Å². The predicted molar refractivity (Wildman–Crippen MR) is 138 cm³/mol. The molecule has 7 nitrogen and oxygen atoms in total. The average Bonchev–Trinajstić information content (AvgIpc) is 3.35. The molecule has 8 heteroatoms. The molecular weight excluding hydrogens is 450 g/mol. The standard InChI is InChI=1S/C26H33N5O2.ClH/c1-20(19-31-26(32)22-10-4-5-11-23(22)27-28-31)18-29-14-16-30(17-15-29)24-12-6-7-13-25(24)33-21-8-2-3-9-21;/h4-7,10-13,20-21H,2-3,8-9,14-19H2,1H3;1H. The Hall–Kier alpha value is -2.64. The van der Waals surface area contributed by atoms with Gasteiger partial charge in [-0.25, -0.2) is 4.68 Å². The second-order valence-electron chi connectivity index (χ2n) is 9.48. The van der Waals surface area contributed by atoms with Gasteiger partial charge >= 0.3 is 0 Å². The Balaban J connectivity index is 0.00000274. The molecule has 0 radical (unpaired) electrons. The summed E-state index contributed by atoms with van der Waals surface area (Å²) in [6.07, 6.45) is 5.27. The van der Waals surface area contributed by atoms with E-state index in [-0.39, 0.29) is 18.0 Å². The molecule has 0 amide bonds. The first-order valence-electron chi connectivity index (χ1n) is 12.2. The predicted octanol–water partition coefficient (Wildman–Crippen LogP) is 3.99. The van der Waals surface area contributed by atoms with Gasteiger partial charge in [0.1, 0.15) is 11.3 Å². The molecule has 2 aliphatic rings. The fraction of sp³-hybridized carbons (Fsp3) is 0.500. The van der Waals surface area contributed by atoms with Crippen LogP contribution in [0.1, 0.15) is 32.6 Å². The molecule has 1 saturated heterocycles. The largest absolute Gasteiger partial charge is 0.488 e. The monoisotopic (exact) mass is 483 g/mol. The zero-order chi connectivity index (χ0) is 22.6. The molecule has 0 bridgehead atoms. The molecule has 1 aliphatic heterocycles. The van der Waals surface area contributed by atoms with E-state index in [4.69, 9.17) is 4.74 Å². The van der Waals surface area contributed by atoms with E-state index in [1.807, 2.05) is 24.3 Å². The van der Waals surface area contributed by atoms with Crippen molar-refractivity contribution in [2.75, 3.05) is 37.6 Å². The zero-order valence-electron chi connectivity index (χ0n) is 19.8. The third-order valence-corrected chi connectivity index (χ3v) is 6.86. The summed E-state index contributed by atoms with van der Waals surface area (Å²) >= 11 is 0. The summed E-state index contributed by atoms with van der Waals surface area (Å²) < 4.78 is 7.87. The van der Waals surface area contributed by atoms with Crippen LogP contribution in [0.3, 0.4) is 0 Å². The topological polar surface area (TPSA) is 63.5 Å². The van der Waals surface area contributed by atoms with E-state index in [0.29, 0.717) is 29.5 Å². The number of fused-ring (bicyclic) bond motifs is 1. The van der Waals surface area contributed by atoms with Gasteiger partial charge < -0.3 is 9.64 Å². The smallest absolute Gasteiger partial charge is 0.277 e. The summed E-state index contributed by atoms with van der Waals surface area (Å²) in [7, 11) is 0. The van der Waals surface area contributed by atoms with Crippen LogP contribution >= 0.6 is 12.4 Å². The molecule has 1 atom stereocenters. The van der Waals surface area contributed by atoms with Crippen molar-refractivity contribution in [3.63, 3.8) is 0 Å². The Bertz CT molecular complexity index is 1140. The van der Waals surface area contributed by atoms with Crippen LogP contribution in [0, 0.1) is 5.92 Å². The first-order chi connectivity index (χ1) is 16.2. The van der Waals surface area contributed by atoms with Crippen LogP contribution in [-0.4, -0.2) is 58.7 Å². The third-order valence-electron chi connectivity index (χ3n) is 6.86. The molecular formula is C26H34ClN5O2. The van der Waals surface area contributed by atoms with Crippen LogP contribution in [0.4, 0.5) is 5.69 Å². The number of ether oxygens (including phenoxy) is 1. The van der Waals surface area contributed by atoms with Gasteiger partial charge in [-0.15, -0.1) is 17.5 Å². The van der Waals surface area contributed by atoms with Crippen LogP contribution < -0.4 is 15.2 Å². The first kappa shape index (κ1) is 24.5. The lowest BCUT2D eigenvalue weighted by Crippen LogP contribution is -2.48. The SMILES string of the molecule is CC(CN1CCN(c2ccccc2OC2CCCC2)CC1)Cn1nnc2ccccc2c1=O.Cl. The maximum Gasteiger partial charge on any atom is 0.277 e. The van der Waals surface area contributed by atoms with E-state index >= 15 is 0 Å². The molecule has 0 N–H and O–H groups in total. The molecule has 182 valence electrons. The highest BCUT2D eigenvalue weighted by atomic mass is 35.5. The minimum Gasteiger partial charge on any atom is -0.488 e. The van der Waals surface area contributed by atoms with Crippen LogP contribution in [-0.2, 0) is 6.54 Å². The number of piperazine rings is 1. The molecule has 3 aromatic rings. The zero-order valence-corrected chi connectivity index (χ0v) is 20.6. The molecule has 1 unspecified atom stereocenters. The maximum atomic E-state index is 12.7. The van der Waals surface area contributed by atoms with E-state index in [2.05, 4.69) is 51.3 Å². The average molecular weight is 484 g/mol. The molecule has 2 fully saturated rings. The lowest BCUT2D eigenvalue weighted by Gasteiger charge is -2.38. The van der Waals surface area contributed by atoms with Gasteiger partial charge in [0.05, 0.1) is 23.7 Å². The lowest BCUT2D eigenvalue weighted by molar-refractivity contribution is 0.202. The summed E-state index contributed by atoms with van der Waals surface area (Å²) in [5.41, 5.74) is 1.81. The number of halogens is 1. The Kier molecular flexibility index (Phi) is 8.06. The van der Waals surface area contributed by atoms with Crippen LogP contribution in [0.25, 0.3) is 10.9 Å². The molecule has 1 aliphatic carbocycles. The van der Waals surface area contributed by atoms with E-state index in [1.54, 1.807) is 0 Å². The van der Waals surface area contributed by atoms with Gasteiger partial charge in [0, 0.05) is 32.7 Å². The maximum absolute atomic E-state index is 12.7. The van der Waals surface area contributed by atoms with Gasteiger partial charge in [-0.3, -0.25) is 9.69 Å². The van der Waals surface area contributed by atoms with Gasteiger partial charge in [-0.05, 0) is 55.9 Å². The second kappa shape index (κ2) is 11.2. The van der Waals surface area contributed by atoms with E-state index < -0.39 is 0 Å². The quantitative estimate of drug-likeness (QED) is 0.506. The normalized spacial score (nSPS) is 18.1. The Morgan fingerprint density at radius 2 is 1.68 bits per heavy atom. The van der Waals surface area contributed by atoms with Crippen molar-refractivity contribution in [3.05, 3.63) is 58.9 Å². The van der Waals surface area contributed by atoms with Crippen molar-refractivity contribution >= 4 is 29.0 Å². The number of rotatable bonds is 7. The highest BCUT2D eigenvalue weighted by Gasteiger charge is 2.23. The summed E-state index contributed by atoms with van der Waals surface area (Å²) in [5, 5.41) is 9.00. The number of hydrogen-bond donors (Lipinski definition) is 0. The number of para-hydroxylation sites is 2. The first-order valence-corrected chi connectivity index (χ1v) is 12.2. The van der Waals surface area contributed by atoms with Crippen molar-refractivity contribution in [3.8, 4) is 5.75 Å². The lowest BCUT2D eigenvalue weighted by atomic mass is 10.1. The van der Waals surface area contributed by atoms with Gasteiger partial charge in [0.25, 0.3) is 5.56 Å². The molecule has 1 saturated carbocycles. The molecule has 2 heterocycles. The summed E-state index contributed by atoms with van der Waals surface area (Å²) in [4.78, 5) is 17.7. The van der Waals surface area contributed by atoms with Crippen molar-refractivity contribution in [2.45, 2.75) is 45.3 Å². The number of nitrogens with zero attached hydrogens (tertiary/aromatic N) is 5. The third kappa shape index (κ3) is 5.53. The Morgan fingerprint density at radius 1 is 0.971 bits per heavy atom. The van der Waals surface area contributed by atoms with Crippen LogP contribution in [0.5, 0.6) is 5.75 Å². The van der Waals surface area contributed by atoms with Gasteiger partial charge in [0.2, 0.25) is 0 Å². The fourth-order valence-electron chi connectivity index (χ4n) is 5.11. The highest BCUT2D eigenvalue weighted by Crippen LogP contribution is 2.32. The molecule has 1 aromatic heterocycles. The van der Waals surface area contributed by atoms with Crippen molar-refractivity contribution < 1.29 is 4.74 Å². The van der Waals surface area contributed by atoms with Crippen molar-refractivity contribution in [1.82, 2.24) is 19.9 Å². The molecule has 5 rings (SSSR count). The minimum atomic E-state index is -0.0591. The Labute approximate surface area is 207 Å². The fourth-order valence-corrected chi connectivity index (χ4v) is 5.11. The van der Waals surface area contributed by atoms with Crippen LogP contribution in [0.2, 0.25) is 0 Å². The van der Waals surface area contributed by atoms with Crippen LogP contribution in [0.15, 0.2) is 53.3 Å². The minimum absolute atomic E-state index is 0. The van der Waals surface area contributed by atoms with Crippen molar-refractivity contribution in [2.24, 2.45) is 5.92 Å². The van der Waals surface area contributed by atoms with E-state index in [9.17, 15) is 4.79 Å². The second-order valence-corrected chi connectivity index (χ2v) is 9.48. The van der Waals surface area contributed by atoms with Gasteiger partial charge in [-0.2, -0.15) is 0 Å². The number of anilines is 1. The number of aromatic nitrogens is 3. The number of benzene rings is 2. The molecule has 2 aromatic carbocycles. The summed E-state index contributed by atoms with van der Waals surface area (Å²) in [5.74, 6) is 1.34. The highest BCUT2D eigenvalue weighted by molar-refractivity contribution is 5.85. The molecule has 0 spiro atoms. The Morgan fingerprint density at radius 3 is 2.47 bits per heavy atom. The summed E-state index contributed by atoms with van der Waals surface area (Å²) in [6, 6.07) is 15.9. The molecule has 34 heavy (non-hydrogen) atoms. The van der Waals surface area contributed by atoms with Crippen molar-refractivity contribution in [1.29, 1.82) is 0 Å². The number of hydrogen-bond acceptors (Lipinski definition) is 6. The van der Waals surface area contributed by atoms with Gasteiger partial charge in [0.15, 0.2) is 0 Å². The van der Waals surface area contributed by atoms with E-state index in [0.717, 1.165) is 38.5 Å². The summed E-state index contributed by atoms with van der Waals surface area (Å²) in [6.45, 7) is 7.66.